The smallest absolute Gasteiger partial charge is 0.175 e. The van der Waals surface area contributed by atoms with E-state index in [0.29, 0.717) is 19.6 Å². The van der Waals surface area contributed by atoms with Crippen molar-refractivity contribution in [3.8, 4) is 11.4 Å². The lowest BCUT2D eigenvalue weighted by atomic mass is 9.76. The molecule has 0 saturated carbocycles. The van der Waals surface area contributed by atoms with E-state index in [4.69, 9.17) is 14.3 Å². The van der Waals surface area contributed by atoms with Crippen LogP contribution in [0.5, 0.6) is 5.75 Å². The highest BCUT2D eigenvalue weighted by Crippen LogP contribution is 2.45. The average molecular weight is 433 g/mol. The first-order valence-electron chi connectivity index (χ1n) is 10.6. The molecule has 1 fully saturated rings. The van der Waals surface area contributed by atoms with E-state index in [1.807, 2.05) is 48.0 Å². The first-order valence-corrected chi connectivity index (χ1v) is 10.6. The summed E-state index contributed by atoms with van der Waals surface area (Å²) in [6.07, 6.45) is 8.34. The van der Waals surface area contributed by atoms with Crippen molar-refractivity contribution in [2.24, 2.45) is 11.1 Å². The molecule has 2 aliphatic heterocycles. The SMILES string of the molecule is COc1cc(/C=C/C2=NOC3(c4ccc(F)cc4)CCOCC23)ccc1-n1cnc(C)c1. The third-order valence-electron chi connectivity index (χ3n) is 6.11. The molecular formula is C25H24FN3O3. The molecule has 1 saturated heterocycles. The standard InChI is InChI=1S/C25H24FN3O3/c1-17-14-29(16-27-17)23-10-4-18(13-24(23)30-2)3-9-22-21-15-31-12-11-25(21,32-28-22)19-5-7-20(26)8-6-19/h3-10,13-14,16,21H,11-12,15H2,1-2H3/b9-3+. The number of allylic oxidation sites excluding steroid dienone is 1. The van der Waals surface area contributed by atoms with Crippen molar-refractivity contribution in [3.05, 3.63) is 83.7 Å². The molecule has 2 aliphatic rings. The number of rotatable bonds is 5. The summed E-state index contributed by atoms with van der Waals surface area (Å²) >= 11 is 0. The molecule has 0 aliphatic carbocycles. The number of aryl methyl sites for hydroxylation is 1. The fourth-order valence-electron chi connectivity index (χ4n) is 4.39. The van der Waals surface area contributed by atoms with Gasteiger partial charge in [0, 0.05) is 12.6 Å². The predicted octanol–water partition coefficient (Wildman–Crippen LogP) is 4.66. The highest BCUT2D eigenvalue weighted by Gasteiger charge is 2.51. The van der Waals surface area contributed by atoms with Crippen LogP contribution in [0.4, 0.5) is 4.39 Å². The van der Waals surface area contributed by atoms with Gasteiger partial charge in [-0.25, -0.2) is 9.37 Å². The Morgan fingerprint density at radius 1 is 1.19 bits per heavy atom. The van der Waals surface area contributed by atoms with E-state index in [1.54, 1.807) is 25.6 Å². The zero-order chi connectivity index (χ0) is 22.1. The van der Waals surface area contributed by atoms with Crippen LogP contribution in [0.25, 0.3) is 11.8 Å². The Kier molecular flexibility index (Phi) is 5.27. The second-order valence-corrected chi connectivity index (χ2v) is 8.07. The Hall–Kier alpha value is -3.45. The molecule has 164 valence electrons. The first-order chi connectivity index (χ1) is 15.6. The fourth-order valence-corrected chi connectivity index (χ4v) is 4.39. The van der Waals surface area contributed by atoms with E-state index in [-0.39, 0.29) is 11.7 Å². The quantitative estimate of drug-likeness (QED) is 0.587. The molecule has 2 atom stereocenters. The Labute approximate surface area is 185 Å². The zero-order valence-electron chi connectivity index (χ0n) is 18.0. The molecule has 5 rings (SSSR count). The van der Waals surface area contributed by atoms with Gasteiger partial charge in [-0.15, -0.1) is 0 Å². The van der Waals surface area contributed by atoms with E-state index in [1.165, 1.54) is 12.1 Å². The number of imidazole rings is 1. The van der Waals surface area contributed by atoms with Crippen LogP contribution in [-0.2, 0) is 15.2 Å². The molecule has 3 heterocycles. The second kappa shape index (κ2) is 8.24. The van der Waals surface area contributed by atoms with Gasteiger partial charge in [0.25, 0.3) is 0 Å². The monoisotopic (exact) mass is 433 g/mol. The van der Waals surface area contributed by atoms with E-state index in [0.717, 1.165) is 34.0 Å². The number of hydrogen-bond donors (Lipinski definition) is 0. The second-order valence-electron chi connectivity index (χ2n) is 8.07. The topological polar surface area (TPSA) is 57.9 Å². The average Bonchev–Trinajstić information content (AvgIpc) is 3.42. The Bertz CT molecular complexity index is 1190. The summed E-state index contributed by atoms with van der Waals surface area (Å²) in [5.41, 5.74) is 3.94. The molecule has 7 heteroatoms. The number of aromatic nitrogens is 2. The molecule has 0 spiro atoms. The third-order valence-corrected chi connectivity index (χ3v) is 6.11. The molecule has 0 radical (unpaired) electrons. The van der Waals surface area contributed by atoms with E-state index in [9.17, 15) is 4.39 Å². The molecule has 2 aromatic carbocycles. The molecule has 2 unspecified atom stereocenters. The minimum absolute atomic E-state index is 0.0620. The van der Waals surface area contributed by atoms with Crippen LogP contribution in [0.1, 0.15) is 23.2 Å². The minimum atomic E-state index is -0.619. The van der Waals surface area contributed by atoms with Gasteiger partial charge in [0.05, 0.1) is 49.7 Å². The summed E-state index contributed by atoms with van der Waals surface area (Å²) in [6.45, 7) is 3.03. The number of halogens is 1. The fraction of sp³-hybridized carbons (Fsp3) is 0.280. The van der Waals surface area contributed by atoms with Crippen LogP contribution in [0.3, 0.4) is 0 Å². The van der Waals surface area contributed by atoms with Gasteiger partial charge in [0.15, 0.2) is 5.60 Å². The molecule has 6 nitrogen and oxygen atoms in total. The zero-order valence-corrected chi connectivity index (χ0v) is 18.0. The molecule has 0 amide bonds. The molecule has 0 bridgehead atoms. The van der Waals surface area contributed by atoms with Crippen LogP contribution in [0, 0.1) is 18.7 Å². The van der Waals surface area contributed by atoms with Gasteiger partial charge in [0.1, 0.15) is 11.6 Å². The number of fused-ring (bicyclic) bond motifs is 1. The summed E-state index contributed by atoms with van der Waals surface area (Å²) in [5, 5.41) is 4.39. The number of methoxy groups -OCH3 is 1. The highest BCUT2D eigenvalue weighted by molar-refractivity contribution is 6.01. The van der Waals surface area contributed by atoms with Crippen LogP contribution in [0.15, 0.2) is 66.2 Å². The van der Waals surface area contributed by atoms with Crippen molar-refractivity contribution >= 4 is 11.8 Å². The molecular weight excluding hydrogens is 409 g/mol. The van der Waals surface area contributed by atoms with Gasteiger partial charge in [-0.1, -0.05) is 29.4 Å². The van der Waals surface area contributed by atoms with Gasteiger partial charge >= 0.3 is 0 Å². The van der Waals surface area contributed by atoms with Gasteiger partial charge in [-0.2, -0.15) is 0 Å². The Morgan fingerprint density at radius 2 is 2.03 bits per heavy atom. The van der Waals surface area contributed by atoms with Crippen LogP contribution in [-0.4, -0.2) is 35.6 Å². The molecule has 32 heavy (non-hydrogen) atoms. The van der Waals surface area contributed by atoms with E-state index >= 15 is 0 Å². The maximum atomic E-state index is 13.5. The normalized spacial score (nSPS) is 22.5. The van der Waals surface area contributed by atoms with Crippen LogP contribution in [0.2, 0.25) is 0 Å². The van der Waals surface area contributed by atoms with Gasteiger partial charge in [0.2, 0.25) is 0 Å². The molecule has 3 aromatic rings. The highest BCUT2D eigenvalue weighted by atomic mass is 19.1. The lowest BCUT2D eigenvalue weighted by Gasteiger charge is -2.37. The lowest BCUT2D eigenvalue weighted by molar-refractivity contribution is -0.117. The summed E-state index contributed by atoms with van der Waals surface area (Å²) in [7, 11) is 1.65. The molecule has 0 N–H and O–H groups in total. The maximum absolute atomic E-state index is 13.5. The van der Waals surface area contributed by atoms with Crippen molar-refractivity contribution in [3.63, 3.8) is 0 Å². The first kappa shape index (κ1) is 20.5. The number of nitrogens with zero attached hydrogens (tertiary/aromatic N) is 3. The van der Waals surface area contributed by atoms with Crippen molar-refractivity contribution in [1.82, 2.24) is 9.55 Å². The van der Waals surface area contributed by atoms with Crippen molar-refractivity contribution in [2.45, 2.75) is 18.9 Å². The van der Waals surface area contributed by atoms with Crippen LogP contribution < -0.4 is 4.74 Å². The number of hydrogen-bond acceptors (Lipinski definition) is 5. The van der Waals surface area contributed by atoms with Crippen molar-refractivity contribution in [2.75, 3.05) is 20.3 Å². The predicted molar refractivity (Wildman–Crippen MR) is 119 cm³/mol. The summed E-state index contributed by atoms with van der Waals surface area (Å²) < 4.78 is 26.7. The van der Waals surface area contributed by atoms with E-state index in [2.05, 4.69) is 10.1 Å². The number of ether oxygens (including phenoxy) is 2. The van der Waals surface area contributed by atoms with Gasteiger partial charge in [-0.05, 0) is 48.4 Å². The summed E-state index contributed by atoms with van der Waals surface area (Å²) in [5.74, 6) is 0.417. The summed E-state index contributed by atoms with van der Waals surface area (Å²) in [4.78, 5) is 10.3. The summed E-state index contributed by atoms with van der Waals surface area (Å²) in [6, 6.07) is 12.5. The van der Waals surface area contributed by atoms with Crippen LogP contribution >= 0.6 is 0 Å². The van der Waals surface area contributed by atoms with Gasteiger partial charge < -0.3 is 18.9 Å². The largest absolute Gasteiger partial charge is 0.495 e. The van der Waals surface area contributed by atoms with E-state index < -0.39 is 5.60 Å². The number of oxime groups is 1. The van der Waals surface area contributed by atoms with Crippen molar-refractivity contribution in [1.29, 1.82) is 0 Å². The maximum Gasteiger partial charge on any atom is 0.175 e. The molecule has 1 aromatic heterocycles. The van der Waals surface area contributed by atoms with Crippen molar-refractivity contribution < 1.29 is 18.7 Å². The van der Waals surface area contributed by atoms with Gasteiger partial charge in [-0.3, -0.25) is 0 Å². The minimum Gasteiger partial charge on any atom is -0.495 e. The number of benzene rings is 2. The Morgan fingerprint density at radius 3 is 2.78 bits per heavy atom. The Balaban J connectivity index is 1.40. The lowest BCUT2D eigenvalue weighted by Crippen LogP contribution is -2.43. The third kappa shape index (κ3) is 3.58.